The minimum atomic E-state index is -0.205. The summed E-state index contributed by atoms with van der Waals surface area (Å²) in [6.45, 7) is 1.97. The highest BCUT2D eigenvalue weighted by Gasteiger charge is 2.21. The number of nitrogens with one attached hydrogen (secondary N) is 1. The number of hydrogen-bond acceptors (Lipinski definition) is 8. The van der Waals surface area contributed by atoms with Crippen LogP contribution >= 0.6 is 0 Å². The first-order chi connectivity index (χ1) is 12.6. The van der Waals surface area contributed by atoms with E-state index in [1.807, 2.05) is 35.7 Å². The van der Waals surface area contributed by atoms with E-state index in [4.69, 9.17) is 16.5 Å². The molecular weight excluding hydrogens is 330 g/mol. The van der Waals surface area contributed by atoms with Gasteiger partial charge in [-0.1, -0.05) is 6.07 Å². The second-order valence-electron chi connectivity index (χ2n) is 5.75. The Morgan fingerprint density at radius 2 is 2.00 bits per heavy atom. The van der Waals surface area contributed by atoms with Crippen LogP contribution in [0.2, 0.25) is 0 Å². The normalized spacial score (nSPS) is 12.2. The number of nitrogen functional groups attached to an aromatic ring is 2. The van der Waals surface area contributed by atoms with Gasteiger partial charge >= 0.3 is 0 Å². The number of fused-ring (bicyclic) bond motifs is 1. The standard InChI is InChI=1S/C17H17N9/c1-10(24-17-13(18)16(19)22-9-23-17)14-15(11-4-2-3-5-21-11)26-7-6-20-8-12(26)25-14/h2-10H,18H2,1H3,(H3,19,22,23,24)/t10-/m0/s1. The number of pyridine rings is 1. The molecule has 4 heterocycles. The van der Waals surface area contributed by atoms with Crippen molar-refractivity contribution in [2.75, 3.05) is 16.8 Å². The maximum Gasteiger partial charge on any atom is 0.156 e. The predicted molar refractivity (Wildman–Crippen MR) is 99.1 cm³/mol. The lowest BCUT2D eigenvalue weighted by Gasteiger charge is -2.16. The molecule has 9 heteroatoms. The van der Waals surface area contributed by atoms with Crippen molar-refractivity contribution in [1.29, 1.82) is 0 Å². The molecule has 0 aliphatic rings. The number of nitrogens with two attached hydrogens (primary N) is 2. The van der Waals surface area contributed by atoms with Crippen molar-refractivity contribution in [3.63, 3.8) is 0 Å². The average Bonchev–Trinajstić information content (AvgIpc) is 3.06. The van der Waals surface area contributed by atoms with Crippen LogP contribution in [0.15, 0.2) is 49.3 Å². The Balaban J connectivity index is 1.82. The molecule has 0 aliphatic carbocycles. The molecule has 9 nitrogen and oxygen atoms in total. The minimum absolute atomic E-state index is 0.205. The monoisotopic (exact) mass is 347 g/mol. The van der Waals surface area contributed by atoms with Crippen LogP contribution in [0.3, 0.4) is 0 Å². The van der Waals surface area contributed by atoms with Gasteiger partial charge in [-0.05, 0) is 19.1 Å². The molecule has 0 saturated carbocycles. The van der Waals surface area contributed by atoms with Crippen molar-refractivity contribution in [3.8, 4) is 11.4 Å². The molecule has 4 aromatic rings. The summed E-state index contributed by atoms with van der Waals surface area (Å²) in [7, 11) is 0. The Bertz CT molecular complexity index is 1060. The number of anilines is 3. The maximum atomic E-state index is 5.97. The summed E-state index contributed by atoms with van der Waals surface area (Å²) in [5.41, 5.74) is 15.3. The van der Waals surface area contributed by atoms with Gasteiger partial charge < -0.3 is 16.8 Å². The molecule has 0 amide bonds. The third kappa shape index (κ3) is 2.65. The summed E-state index contributed by atoms with van der Waals surface area (Å²) in [6.07, 6.45) is 8.40. The molecule has 0 aliphatic heterocycles. The van der Waals surface area contributed by atoms with Crippen LogP contribution in [0.5, 0.6) is 0 Å². The first kappa shape index (κ1) is 15.8. The zero-order valence-corrected chi connectivity index (χ0v) is 14.0. The van der Waals surface area contributed by atoms with Gasteiger partial charge in [0.25, 0.3) is 0 Å². The van der Waals surface area contributed by atoms with Crippen molar-refractivity contribution >= 4 is 23.0 Å². The topological polar surface area (TPSA) is 133 Å². The number of hydrogen-bond donors (Lipinski definition) is 3. The quantitative estimate of drug-likeness (QED) is 0.510. The summed E-state index contributed by atoms with van der Waals surface area (Å²) in [6, 6.07) is 5.55. The number of aromatic nitrogens is 6. The van der Waals surface area contributed by atoms with E-state index in [9.17, 15) is 0 Å². The van der Waals surface area contributed by atoms with E-state index in [0.717, 1.165) is 22.7 Å². The molecule has 1 atom stereocenters. The van der Waals surface area contributed by atoms with Crippen molar-refractivity contribution in [2.24, 2.45) is 0 Å². The second kappa shape index (κ2) is 6.28. The molecule has 0 fully saturated rings. The van der Waals surface area contributed by atoms with Gasteiger partial charge in [-0.3, -0.25) is 14.4 Å². The second-order valence-corrected chi connectivity index (χ2v) is 5.75. The van der Waals surface area contributed by atoms with Gasteiger partial charge in [-0.15, -0.1) is 0 Å². The lowest BCUT2D eigenvalue weighted by Crippen LogP contribution is -2.13. The van der Waals surface area contributed by atoms with Gasteiger partial charge in [0.15, 0.2) is 17.3 Å². The van der Waals surface area contributed by atoms with Gasteiger partial charge in [0, 0.05) is 18.6 Å². The third-order valence-electron chi connectivity index (χ3n) is 4.04. The first-order valence-corrected chi connectivity index (χ1v) is 8.01. The maximum absolute atomic E-state index is 5.97. The van der Waals surface area contributed by atoms with Crippen LogP contribution in [-0.2, 0) is 0 Å². The molecule has 0 saturated heterocycles. The zero-order chi connectivity index (χ0) is 18.1. The molecule has 26 heavy (non-hydrogen) atoms. The van der Waals surface area contributed by atoms with Gasteiger partial charge in [0.1, 0.15) is 12.0 Å². The van der Waals surface area contributed by atoms with E-state index in [1.165, 1.54) is 6.33 Å². The molecule has 4 aromatic heterocycles. The van der Waals surface area contributed by atoms with Crippen molar-refractivity contribution in [3.05, 3.63) is 55.0 Å². The molecule has 0 bridgehead atoms. The summed E-state index contributed by atoms with van der Waals surface area (Å²) >= 11 is 0. The molecular formula is C17H17N9. The third-order valence-corrected chi connectivity index (χ3v) is 4.04. The van der Waals surface area contributed by atoms with Gasteiger partial charge in [-0.25, -0.2) is 15.0 Å². The lowest BCUT2D eigenvalue weighted by atomic mass is 10.1. The Morgan fingerprint density at radius 3 is 2.81 bits per heavy atom. The Kier molecular flexibility index (Phi) is 3.81. The number of rotatable bonds is 4. The van der Waals surface area contributed by atoms with Gasteiger partial charge in [-0.2, -0.15) is 0 Å². The first-order valence-electron chi connectivity index (χ1n) is 8.01. The Hall–Kier alpha value is -3.75. The highest BCUT2D eigenvalue weighted by atomic mass is 15.1. The largest absolute Gasteiger partial charge is 0.393 e. The van der Waals surface area contributed by atoms with E-state index in [2.05, 4.69) is 25.3 Å². The van der Waals surface area contributed by atoms with Gasteiger partial charge in [0.05, 0.1) is 29.3 Å². The number of imidazole rings is 1. The van der Waals surface area contributed by atoms with E-state index in [-0.39, 0.29) is 11.9 Å². The molecule has 0 radical (unpaired) electrons. The molecule has 0 aromatic carbocycles. The van der Waals surface area contributed by atoms with E-state index in [1.54, 1.807) is 18.6 Å². The predicted octanol–water partition coefficient (Wildman–Crippen LogP) is 1.92. The fraction of sp³-hybridized carbons (Fsp3) is 0.118. The molecule has 5 N–H and O–H groups in total. The van der Waals surface area contributed by atoms with E-state index >= 15 is 0 Å². The van der Waals surface area contributed by atoms with Crippen LogP contribution < -0.4 is 16.8 Å². The van der Waals surface area contributed by atoms with Crippen LogP contribution in [-0.4, -0.2) is 29.3 Å². The zero-order valence-electron chi connectivity index (χ0n) is 14.0. The van der Waals surface area contributed by atoms with Crippen LogP contribution in [0.4, 0.5) is 17.3 Å². The van der Waals surface area contributed by atoms with Crippen LogP contribution in [0, 0.1) is 0 Å². The SMILES string of the molecule is C[C@H](Nc1ncnc(N)c1N)c1nc2cnccn2c1-c1ccccn1. The number of nitrogens with zero attached hydrogens (tertiary/aromatic N) is 6. The summed E-state index contributed by atoms with van der Waals surface area (Å²) in [5, 5.41) is 3.26. The summed E-state index contributed by atoms with van der Waals surface area (Å²) in [5.74, 6) is 0.700. The van der Waals surface area contributed by atoms with Gasteiger partial charge in [0.2, 0.25) is 0 Å². The van der Waals surface area contributed by atoms with Crippen molar-refractivity contribution < 1.29 is 0 Å². The van der Waals surface area contributed by atoms with E-state index in [0.29, 0.717) is 11.5 Å². The average molecular weight is 347 g/mol. The lowest BCUT2D eigenvalue weighted by molar-refractivity contribution is 0.844. The van der Waals surface area contributed by atoms with Crippen LogP contribution in [0.25, 0.3) is 17.0 Å². The fourth-order valence-corrected chi connectivity index (χ4v) is 2.78. The molecule has 4 rings (SSSR count). The molecule has 130 valence electrons. The Labute approximate surface area is 149 Å². The molecule has 0 unspecified atom stereocenters. The van der Waals surface area contributed by atoms with Crippen LogP contribution in [0.1, 0.15) is 18.7 Å². The summed E-state index contributed by atoms with van der Waals surface area (Å²) in [4.78, 5) is 21.4. The highest BCUT2D eigenvalue weighted by molar-refractivity contribution is 5.73. The smallest absolute Gasteiger partial charge is 0.156 e. The fourth-order valence-electron chi connectivity index (χ4n) is 2.78. The van der Waals surface area contributed by atoms with E-state index < -0.39 is 0 Å². The summed E-state index contributed by atoms with van der Waals surface area (Å²) < 4.78 is 1.96. The Morgan fingerprint density at radius 1 is 1.12 bits per heavy atom. The highest BCUT2D eigenvalue weighted by Crippen LogP contribution is 2.31. The van der Waals surface area contributed by atoms with Crippen molar-refractivity contribution in [1.82, 2.24) is 29.3 Å². The molecule has 0 spiro atoms. The van der Waals surface area contributed by atoms with Crippen molar-refractivity contribution in [2.45, 2.75) is 13.0 Å². The minimum Gasteiger partial charge on any atom is -0.393 e.